The van der Waals surface area contributed by atoms with Crippen LogP contribution in [0.15, 0.2) is 0 Å². The van der Waals surface area contributed by atoms with Crippen molar-refractivity contribution in [1.29, 1.82) is 0 Å². The van der Waals surface area contributed by atoms with Crippen molar-refractivity contribution in [3.8, 4) is 0 Å². The third-order valence-corrected chi connectivity index (χ3v) is 8.48. The zero-order valence-electron chi connectivity index (χ0n) is 26.4. The number of aliphatic hydroxyl groups is 1. The minimum absolute atomic E-state index is 0.103. The molecule has 0 aliphatic carbocycles. The van der Waals surface area contributed by atoms with Crippen LogP contribution < -0.4 is 0 Å². The van der Waals surface area contributed by atoms with E-state index in [4.69, 9.17) is 0 Å². The molecule has 0 saturated carbocycles. The van der Waals surface area contributed by atoms with Crippen LogP contribution in [-0.4, -0.2) is 11.2 Å². The Labute approximate surface area is 236 Å². The first-order valence-corrected chi connectivity index (χ1v) is 18.0. The Morgan fingerprint density at radius 2 is 0.459 bits per heavy atom. The summed E-state index contributed by atoms with van der Waals surface area (Å²) in [5.74, 6) is 0. The summed E-state index contributed by atoms with van der Waals surface area (Å²) in [4.78, 5) is 0. The monoisotopic (exact) mass is 523 g/mol. The molecule has 0 amide bonds. The lowest BCUT2D eigenvalue weighted by molar-refractivity contribution is 0.180. The zero-order valence-corrected chi connectivity index (χ0v) is 26.4. The first-order chi connectivity index (χ1) is 18.3. The Kier molecular flexibility index (Phi) is 34.0. The van der Waals surface area contributed by atoms with Gasteiger partial charge in [0.2, 0.25) is 0 Å². The molecule has 224 valence electrons. The van der Waals surface area contributed by atoms with Gasteiger partial charge in [-0.2, -0.15) is 0 Å². The Balaban J connectivity index is 3.01. The van der Waals surface area contributed by atoms with Crippen molar-refractivity contribution in [2.24, 2.45) is 0 Å². The van der Waals surface area contributed by atoms with Crippen LogP contribution in [0.3, 0.4) is 0 Å². The van der Waals surface area contributed by atoms with E-state index in [1.54, 1.807) is 0 Å². The molecule has 1 N–H and O–H groups in total. The van der Waals surface area contributed by atoms with Gasteiger partial charge in [0.1, 0.15) is 0 Å². The minimum atomic E-state index is -0.103. The molecule has 0 bridgehead atoms. The van der Waals surface area contributed by atoms with Crippen LogP contribution in [0.4, 0.5) is 0 Å². The van der Waals surface area contributed by atoms with E-state index in [1.807, 2.05) is 6.92 Å². The first kappa shape index (κ1) is 37.0. The van der Waals surface area contributed by atoms with Crippen molar-refractivity contribution in [3.05, 3.63) is 0 Å². The van der Waals surface area contributed by atoms with Crippen LogP contribution in [0, 0.1) is 0 Å². The van der Waals surface area contributed by atoms with E-state index in [9.17, 15) is 5.11 Å². The third-order valence-electron chi connectivity index (χ3n) is 8.48. The maximum Gasteiger partial charge on any atom is 0.0512 e. The van der Waals surface area contributed by atoms with Crippen molar-refractivity contribution in [3.63, 3.8) is 0 Å². The van der Waals surface area contributed by atoms with Crippen molar-refractivity contribution < 1.29 is 5.11 Å². The molecule has 1 atom stereocenters. The summed E-state index contributed by atoms with van der Waals surface area (Å²) in [6, 6.07) is 0. The zero-order chi connectivity index (χ0) is 26.9. The van der Waals surface area contributed by atoms with Gasteiger partial charge in [-0.3, -0.25) is 0 Å². The summed E-state index contributed by atoms with van der Waals surface area (Å²) in [5, 5.41) is 9.26. The fraction of sp³-hybridized carbons (Fsp3) is 1.00. The maximum absolute atomic E-state index is 9.26. The summed E-state index contributed by atoms with van der Waals surface area (Å²) >= 11 is 0. The molecule has 0 fully saturated rings. The van der Waals surface area contributed by atoms with Crippen molar-refractivity contribution in [1.82, 2.24) is 0 Å². The molecule has 1 unspecified atom stereocenters. The lowest BCUT2D eigenvalue weighted by atomic mass is 10.0. The Morgan fingerprint density at radius 1 is 0.297 bits per heavy atom. The van der Waals surface area contributed by atoms with E-state index in [0.717, 1.165) is 6.42 Å². The van der Waals surface area contributed by atoms with Crippen LogP contribution in [0.2, 0.25) is 0 Å². The van der Waals surface area contributed by atoms with Crippen LogP contribution >= 0.6 is 0 Å². The topological polar surface area (TPSA) is 20.2 Å². The second-order valence-corrected chi connectivity index (χ2v) is 12.6. The highest BCUT2D eigenvalue weighted by Crippen LogP contribution is 2.17. The van der Waals surface area contributed by atoms with Gasteiger partial charge >= 0.3 is 0 Å². The second kappa shape index (κ2) is 34.0. The van der Waals surface area contributed by atoms with Gasteiger partial charge in [-0.1, -0.05) is 212 Å². The first-order valence-electron chi connectivity index (χ1n) is 18.0. The highest BCUT2D eigenvalue weighted by molar-refractivity contribution is 4.53. The van der Waals surface area contributed by atoms with Gasteiger partial charge < -0.3 is 5.11 Å². The lowest BCUT2D eigenvalue weighted by Crippen LogP contribution is -1.98. The van der Waals surface area contributed by atoms with Gasteiger partial charge in [-0.15, -0.1) is 0 Å². The lowest BCUT2D eigenvalue weighted by Gasteiger charge is -2.05. The van der Waals surface area contributed by atoms with Crippen molar-refractivity contribution in [2.45, 2.75) is 232 Å². The average molecular weight is 523 g/mol. The van der Waals surface area contributed by atoms with Crippen LogP contribution in [0.1, 0.15) is 226 Å². The predicted molar refractivity (Wildman–Crippen MR) is 170 cm³/mol. The number of unbranched alkanes of at least 4 members (excludes halogenated alkanes) is 31. The van der Waals surface area contributed by atoms with E-state index in [1.165, 1.54) is 205 Å². The molecule has 0 saturated heterocycles. The summed E-state index contributed by atoms with van der Waals surface area (Å²) in [6.45, 7) is 4.21. The van der Waals surface area contributed by atoms with Gasteiger partial charge in [0, 0.05) is 0 Å². The molecule has 0 aliphatic heterocycles. The molecule has 0 aromatic rings. The van der Waals surface area contributed by atoms with Gasteiger partial charge in [0.15, 0.2) is 0 Å². The Hall–Kier alpha value is -0.0400. The van der Waals surface area contributed by atoms with Gasteiger partial charge in [0.25, 0.3) is 0 Å². The number of rotatable bonds is 33. The van der Waals surface area contributed by atoms with E-state index < -0.39 is 0 Å². The quantitative estimate of drug-likeness (QED) is 0.0849. The Morgan fingerprint density at radius 3 is 0.622 bits per heavy atom. The largest absolute Gasteiger partial charge is 0.393 e. The number of hydrogen-bond acceptors (Lipinski definition) is 1. The molecule has 0 aromatic heterocycles. The SMILES string of the molecule is CCCCCCCCCCCCCCCCCCCCCCCCCCCCCCCCCCC(C)O. The minimum Gasteiger partial charge on any atom is -0.393 e. The third kappa shape index (κ3) is 36.0. The molecule has 1 heteroatoms. The highest BCUT2D eigenvalue weighted by atomic mass is 16.3. The molecule has 0 aliphatic rings. The van der Waals surface area contributed by atoms with Gasteiger partial charge in [-0.25, -0.2) is 0 Å². The molecular weight excluding hydrogens is 448 g/mol. The highest BCUT2D eigenvalue weighted by Gasteiger charge is 1.98. The fourth-order valence-corrected chi connectivity index (χ4v) is 5.82. The molecular formula is C36H74O. The van der Waals surface area contributed by atoms with Gasteiger partial charge in [0.05, 0.1) is 6.10 Å². The standard InChI is InChI=1S/C36H74O/c1-3-4-5-6-7-8-9-10-11-12-13-14-15-16-17-18-19-20-21-22-23-24-25-26-27-28-29-30-31-32-33-34-35-36(2)37/h36-37H,3-35H2,1-2H3. The summed E-state index contributed by atoms with van der Waals surface area (Å²) in [5.41, 5.74) is 0. The van der Waals surface area contributed by atoms with E-state index in [0.29, 0.717) is 0 Å². The molecule has 0 aromatic carbocycles. The molecule has 0 radical (unpaired) electrons. The number of aliphatic hydroxyl groups excluding tert-OH is 1. The van der Waals surface area contributed by atoms with E-state index in [2.05, 4.69) is 6.92 Å². The van der Waals surface area contributed by atoms with Crippen LogP contribution in [0.5, 0.6) is 0 Å². The predicted octanol–water partition coefficient (Wildman–Crippen LogP) is 13.3. The van der Waals surface area contributed by atoms with Gasteiger partial charge in [-0.05, 0) is 13.3 Å². The van der Waals surface area contributed by atoms with E-state index >= 15 is 0 Å². The molecule has 1 nitrogen and oxygen atoms in total. The van der Waals surface area contributed by atoms with Crippen LogP contribution in [-0.2, 0) is 0 Å². The van der Waals surface area contributed by atoms with Crippen molar-refractivity contribution >= 4 is 0 Å². The normalized spacial score (nSPS) is 12.4. The smallest absolute Gasteiger partial charge is 0.0512 e. The molecule has 0 spiro atoms. The summed E-state index contributed by atoms with van der Waals surface area (Å²) < 4.78 is 0. The molecule has 0 heterocycles. The van der Waals surface area contributed by atoms with Crippen LogP contribution in [0.25, 0.3) is 0 Å². The number of hydrogen-bond donors (Lipinski definition) is 1. The molecule has 37 heavy (non-hydrogen) atoms. The fourth-order valence-electron chi connectivity index (χ4n) is 5.82. The van der Waals surface area contributed by atoms with E-state index in [-0.39, 0.29) is 6.10 Å². The second-order valence-electron chi connectivity index (χ2n) is 12.6. The van der Waals surface area contributed by atoms with Crippen molar-refractivity contribution in [2.75, 3.05) is 0 Å². The molecule has 0 rings (SSSR count). The Bertz CT molecular complexity index is 377. The maximum atomic E-state index is 9.26. The summed E-state index contributed by atoms with van der Waals surface area (Å²) in [7, 11) is 0. The average Bonchev–Trinajstić information content (AvgIpc) is 2.89. The summed E-state index contributed by atoms with van der Waals surface area (Å²) in [6.07, 6.45) is 47.4.